The Morgan fingerprint density at radius 2 is 1.84 bits per heavy atom. The Kier molecular flexibility index (Phi) is 5.87. The summed E-state index contributed by atoms with van der Waals surface area (Å²) in [6.07, 6.45) is 3.16. The molecule has 1 fully saturated rings. The number of piperidine rings is 1. The van der Waals surface area contributed by atoms with Crippen LogP contribution in [-0.4, -0.2) is 23.2 Å². The molecule has 0 amide bonds. The summed E-state index contributed by atoms with van der Waals surface area (Å²) in [7, 11) is 0. The molecule has 1 aromatic carbocycles. The predicted molar refractivity (Wildman–Crippen MR) is 109 cm³/mol. The van der Waals surface area contributed by atoms with Crippen LogP contribution >= 0.6 is 12.2 Å². The highest BCUT2D eigenvalue weighted by Gasteiger charge is 2.22. The van der Waals surface area contributed by atoms with Gasteiger partial charge in [-0.05, 0) is 48.2 Å². The van der Waals surface area contributed by atoms with Crippen LogP contribution in [0.1, 0.15) is 25.8 Å². The Hall–Kier alpha value is -2.14. The van der Waals surface area contributed by atoms with Crippen molar-refractivity contribution in [1.29, 1.82) is 0 Å². The molecule has 1 aliphatic heterocycles. The zero-order chi connectivity index (χ0) is 17.6. The number of hydrogen-bond donors (Lipinski definition) is 2. The van der Waals surface area contributed by atoms with Crippen LogP contribution in [0, 0.1) is 11.8 Å². The van der Waals surface area contributed by atoms with Gasteiger partial charge < -0.3 is 15.5 Å². The van der Waals surface area contributed by atoms with Crippen molar-refractivity contribution >= 4 is 28.8 Å². The standard InChI is InChI=1S/C20H26N4S/c1-15-10-16(2)14-24(13-15)19-9-8-18(12-21-19)23-20(25)22-11-17-6-4-3-5-7-17/h3-9,12,15-16H,10-11,13-14H2,1-2H3,(H2,22,23,25)/t15-,16-/m1/s1. The van der Waals surface area contributed by atoms with Gasteiger partial charge in [-0.2, -0.15) is 0 Å². The third-order valence-electron chi connectivity index (χ3n) is 4.49. The molecular formula is C20H26N4S. The van der Waals surface area contributed by atoms with Crippen LogP contribution < -0.4 is 15.5 Å². The van der Waals surface area contributed by atoms with E-state index in [1.165, 1.54) is 12.0 Å². The lowest BCUT2D eigenvalue weighted by molar-refractivity contribution is 0.355. The molecule has 2 atom stereocenters. The molecule has 2 heterocycles. The lowest BCUT2D eigenvalue weighted by Crippen LogP contribution is -2.39. The maximum atomic E-state index is 5.36. The molecule has 3 rings (SSSR count). The minimum Gasteiger partial charge on any atom is -0.358 e. The summed E-state index contributed by atoms with van der Waals surface area (Å²) < 4.78 is 0. The molecule has 0 bridgehead atoms. The normalized spacial score (nSPS) is 20.2. The monoisotopic (exact) mass is 354 g/mol. The predicted octanol–water partition coefficient (Wildman–Crippen LogP) is 4.05. The van der Waals surface area contributed by atoms with E-state index in [1.54, 1.807) is 0 Å². The Morgan fingerprint density at radius 3 is 2.48 bits per heavy atom. The van der Waals surface area contributed by atoms with Crippen LogP contribution in [-0.2, 0) is 6.54 Å². The molecule has 0 spiro atoms. The van der Waals surface area contributed by atoms with E-state index in [0.717, 1.165) is 36.4 Å². The molecule has 0 aliphatic carbocycles. The van der Waals surface area contributed by atoms with Crippen LogP contribution in [0.5, 0.6) is 0 Å². The third kappa shape index (κ3) is 5.16. The van der Waals surface area contributed by atoms with E-state index in [9.17, 15) is 0 Å². The minimum absolute atomic E-state index is 0.610. The van der Waals surface area contributed by atoms with Gasteiger partial charge >= 0.3 is 0 Å². The van der Waals surface area contributed by atoms with Crippen molar-refractivity contribution in [1.82, 2.24) is 10.3 Å². The van der Waals surface area contributed by atoms with Gasteiger partial charge in [-0.25, -0.2) is 4.98 Å². The first-order chi connectivity index (χ1) is 12.1. The van der Waals surface area contributed by atoms with Gasteiger partial charge in [-0.15, -0.1) is 0 Å². The van der Waals surface area contributed by atoms with E-state index in [-0.39, 0.29) is 0 Å². The lowest BCUT2D eigenvalue weighted by Gasteiger charge is -2.35. The van der Waals surface area contributed by atoms with E-state index in [4.69, 9.17) is 12.2 Å². The molecule has 2 aromatic rings. The van der Waals surface area contributed by atoms with Crippen molar-refractivity contribution in [3.05, 3.63) is 54.2 Å². The summed E-state index contributed by atoms with van der Waals surface area (Å²) in [6, 6.07) is 14.3. The number of thiocarbonyl (C=S) groups is 1. The highest BCUT2D eigenvalue weighted by atomic mass is 32.1. The fourth-order valence-corrected chi connectivity index (χ4v) is 3.64. The van der Waals surface area contributed by atoms with Crippen molar-refractivity contribution in [2.45, 2.75) is 26.8 Å². The summed E-state index contributed by atoms with van der Waals surface area (Å²) in [5.41, 5.74) is 2.11. The number of rotatable bonds is 4. The van der Waals surface area contributed by atoms with E-state index in [2.05, 4.69) is 52.6 Å². The molecule has 1 saturated heterocycles. The van der Waals surface area contributed by atoms with Crippen molar-refractivity contribution < 1.29 is 0 Å². The molecule has 132 valence electrons. The number of aromatic nitrogens is 1. The number of pyridine rings is 1. The first kappa shape index (κ1) is 17.7. The van der Waals surface area contributed by atoms with E-state index in [0.29, 0.717) is 11.7 Å². The van der Waals surface area contributed by atoms with E-state index < -0.39 is 0 Å². The summed E-state index contributed by atoms with van der Waals surface area (Å²) >= 11 is 5.36. The first-order valence-electron chi connectivity index (χ1n) is 8.90. The van der Waals surface area contributed by atoms with Crippen LogP contribution in [0.4, 0.5) is 11.5 Å². The zero-order valence-corrected chi connectivity index (χ0v) is 15.7. The number of hydrogen-bond acceptors (Lipinski definition) is 3. The second-order valence-corrected chi connectivity index (χ2v) is 7.46. The SMILES string of the molecule is C[C@@H]1C[C@@H](C)CN(c2ccc(NC(=S)NCc3ccccc3)cn2)C1. The molecule has 25 heavy (non-hydrogen) atoms. The van der Waals surface area contributed by atoms with Gasteiger partial charge in [0.1, 0.15) is 5.82 Å². The maximum Gasteiger partial charge on any atom is 0.171 e. The Balaban J connectivity index is 1.52. The van der Waals surface area contributed by atoms with Crippen LogP contribution in [0.2, 0.25) is 0 Å². The van der Waals surface area contributed by atoms with Gasteiger partial charge in [0.25, 0.3) is 0 Å². The number of nitrogens with one attached hydrogen (secondary N) is 2. The maximum absolute atomic E-state index is 5.36. The number of nitrogens with zero attached hydrogens (tertiary/aromatic N) is 2. The first-order valence-corrected chi connectivity index (χ1v) is 9.31. The summed E-state index contributed by atoms with van der Waals surface area (Å²) in [4.78, 5) is 7.00. The van der Waals surface area contributed by atoms with Crippen molar-refractivity contribution in [2.75, 3.05) is 23.3 Å². The average molecular weight is 355 g/mol. The number of benzene rings is 1. The van der Waals surface area contributed by atoms with Gasteiger partial charge in [-0.1, -0.05) is 44.2 Å². The average Bonchev–Trinajstić information content (AvgIpc) is 2.61. The quantitative estimate of drug-likeness (QED) is 0.811. The second-order valence-electron chi connectivity index (χ2n) is 7.05. The molecule has 5 heteroatoms. The fourth-order valence-electron chi connectivity index (χ4n) is 3.45. The second kappa shape index (κ2) is 8.30. The fraction of sp³-hybridized carbons (Fsp3) is 0.400. The molecule has 1 aliphatic rings. The van der Waals surface area contributed by atoms with Gasteiger partial charge in [0.2, 0.25) is 0 Å². The molecule has 2 N–H and O–H groups in total. The van der Waals surface area contributed by atoms with Gasteiger partial charge in [0.05, 0.1) is 11.9 Å². The molecule has 0 radical (unpaired) electrons. The van der Waals surface area contributed by atoms with Gasteiger partial charge in [-0.3, -0.25) is 0 Å². The van der Waals surface area contributed by atoms with E-state index >= 15 is 0 Å². The number of anilines is 2. The van der Waals surface area contributed by atoms with Gasteiger partial charge in [0, 0.05) is 19.6 Å². The van der Waals surface area contributed by atoms with Crippen molar-refractivity contribution in [3.63, 3.8) is 0 Å². The molecule has 1 aromatic heterocycles. The largest absolute Gasteiger partial charge is 0.358 e. The van der Waals surface area contributed by atoms with Crippen molar-refractivity contribution in [2.24, 2.45) is 11.8 Å². The Labute approximate surface area is 155 Å². The highest BCUT2D eigenvalue weighted by Crippen LogP contribution is 2.25. The summed E-state index contributed by atoms with van der Waals surface area (Å²) in [6.45, 7) is 7.51. The molecule has 0 saturated carbocycles. The van der Waals surface area contributed by atoms with Gasteiger partial charge in [0.15, 0.2) is 5.11 Å². The smallest absolute Gasteiger partial charge is 0.171 e. The third-order valence-corrected chi connectivity index (χ3v) is 4.74. The minimum atomic E-state index is 0.610. The molecule has 0 unspecified atom stereocenters. The summed E-state index contributed by atoms with van der Waals surface area (Å²) in [5, 5.41) is 7.03. The van der Waals surface area contributed by atoms with Crippen molar-refractivity contribution in [3.8, 4) is 0 Å². The van der Waals surface area contributed by atoms with Crippen LogP contribution in [0.3, 0.4) is 0 Å². The van der Waals surface area contributed by atoms with E-state index in [1.807, 2.05) is 30.5 Å². The van der Waals surface area contributed by atoms with Crippen LogP contribution in [0.25, 0.3) is 0 Å². The summed E-state index contributed by atoms with van der Waals surface area (Å²) in [5.74, 6) is 2.49. The topological polar surface area (TPSA) is 40.2 Å². The molecular weight excluding hydrogens is 328 g/mol. The lowest BCUT2D eigenvalue weighted by atomic mass is 9.92. The highest BCUT2D eigenvalue weighted by molar-refractivity contribution is 7.80. The Bertz CT molecular complexity index is 677. The zero-order valence-electron chi connectivity index (χ0n) is 14.9. The molecule has 4 nitrogen and oxygen atoms in total. The van der Waals surface area contributed by atoms with Crippen LogP contribution in [0.15, 0.2) is 48.7 Å². The Morgan fingerprint density at radius 1 is 1.12 bits per heavy atom.